The van der Waals surface area contributed by atoms with Gasteiger partial charge in [-0.15, -0.1) is 11.3 Å². The second-order valence-corrected chi connectivity index (χ2v) is 14.0. The van der Waals surface area contributed by atoms with Crippen molar-refractivity contribution in [1.29, 1.82) is 0 Å². The van der Waals surface area contributed by atoms with Crippen LogP contribution in [0.1, 0.15) is 76.0 Å². The van der Waals surface area contributed by atoms with Crippen LogP contribution in [0.3, 0.4) is 0 Å². The van der Waals surface area contributed by atoms with Crippen LogP contribution in [0.15, 0.2) is 35.7 Å². The highest BCUT2D eigenvalue weighted by atomic mass is 32.1. The Balaban J connectivity index is 1.33. The number of methoxy groups -OCH3 is 1. The predicted octanol–water partition coefficient (Wildman–Crippen LogP) is 5.78. The minimum Gasteiger partial charge on any atom is -0.496 e. The van der Waals surface area contributed by atoms with E-state index in [0.29, 0.717) is 36.6 Å². The van der Waals surface area contributed by atoms with E-state index in [0.717, 1.165) is 52.9 Å². The number of carbonyl (C=O) groups is 3. The lowest BCUT2D eigenvalue weighted by atomic mass is 9.93. The van der Waals surface area contributed by atoms with Gasteiger partial charge in [0.1, 0.15) is 33.8 Å². The molecule has 0 saturated heterocycles. The summed E-state index contributed by atoms with van der Waals surface area (Å²) in [6.45, 7) is 6.69. The van der Waals surface area contributed by atoms with Crippen LogP contribution in [0.5, 0.6) is 11.5 Å². The largest absolute Gasteiger partial charge is 0.496 e. The number of hydrogen-bond acceptors (Lipinski definition) is 8. The number of rotatable bonds is 6. The van der Waals surface area contributed by atoms with Crippen LogP contribution in [0.25, 0.3) is 21.6 Å². The summed E-state index contributed by atoms with van der Waals surface area (Å²) in [6, 6.07) is 5.69. The molecule has 5 unspecified atom stereocenters. The van der Waals surface area contributed by atoms with Crippen molar-refractivity contribution in [2.45, 2.75) is 83.3 Å². The zero-order valence-corrected chi connectivity index (χ0v) is 27.6. The zero-order valence-electron chi connectivity index (χ0n) is 26.8. The van der Waals surface area contributed by atoms with Crippen molar-refractivity contribution in [2.24, 2.45) is 17.8 Å². The molecule has 3 aliphatic rings. The number of aromatic nitrogens is 2. The molecule has 2 saturated carbocycles. The minimum atomic E-state index is -1.33. The summed E-state index contributed by atoms with van der Waals surface area (Å²) in [5, 5.41) is 19.6. The first-order chi connectivity index (χ1) is 22.1. The van der Waals surface area contributed by atoms with Gasteiger partial charge < -0.3 is 25.2 Å². The van der Waals surface area contributed by atoms with E-state index in [1.807, 2.05) is 42.7 Å². The Morgan fingerprint density at radius 3 is 2.59 bits per heavy atom. The predicted molar refractivity (Wildman–Crippen MR) is 176 cm³/mol. The first-order valence-electron chi connectivity index (χ1n) is 16.2. The fraction of sp³-hybridized carbons (Fsp3) is 0.514. The molecule has 3 N–H and O–H groups in total. The number of fused-ring (bicyclic) bond motifs is 3. The van der Waals surface area contributed by atoms with Gasteiger partial charge in [-0.05, 0) is 63.5 Å². The van der Waals surface area contributed by atoms with Gasteiger partial charge in [-0.2, -0.15) is 0 Å². The molecule has 0 bridgehead atoms. The number of carbonyl (C=O) groups excluding carboxylic acids is 2. The SMILES string of the molecule is COc1ccc2c(OC3CC4C(=O)NCCCCC/C=C/C5CC5(C(=O)O)NC(=O)C4C3)cc(-c3nc(C(C)C)cs3)nc2c1C. The van der Waals surface area contributed by atoms with Gasteiger partial charge >= 0.3 is 5.97 Å². The van der Waals surface area contributed by atoms with Crippen LogP contribution >= 0.6 is 11.3 Å². The summed E-state index contributed by atoms with van der Waals surface area (Å²) < 4.78 is 12.3. The van der Waals surface area contributed by atoms with Gasteiger partial charge in [-0.25, -0.2) is 14.8 Å². The quantitative estimate of drug-likeness (QED) is 0.287. The van der Waals surface area contributed by atoms with E-state index in [2.05, 4.69) is 24.5 Å². The van der Waals surface area contributed by atoms with Crippen LogP contribution in [-0.4, -0.2) is 58.2 Å². The fourth-order valence-corrected chi connectivity index (χ4v) is 7.71. The lowest BCUT2D eigenvalue weighted by Crippen LogP contribution is -2.49. The van der Waals surface area contributed by atoms with E-state index in [-0.39, 0.29) is 24.2 Å². The molecule has 2 amide bonds. The zero-order chi connectivity index (χ0) is 32.6. The second-order valence-electron chi connectivity index (χ2n) is 13.1. The third-order valence-corrected chi connectivity index (χ3v) is 10.5. The smallest absolute Gasteiger partial charge is 0.330 e. The molecular formula is C35H42N4O6S. The van der Waals surface area contributed by atoms with E-state index in [1.54, 1.807) is 7.11 Å². The summed E-state index contributed by atoms with van der Waals surface area (Å²) in [6.07, 6.45) is 8.04. The second kappa shape index (κ2) is 13.0. The Hall–Kier alpha value is -3.99. The van der Waals surface area contributed by atoms with Gasteiger partial charge in [0, 0.05) is 34.9 Å². The number of amides is 2. The molecule has 1 aliphatic heterocycles. The van der Waals surface area contributed by atoms with Crippen molar-refractivity contribution in [3.05, 3.63) is 47.0 Å². The molecule has 3 aromatic rings. The van der Waals surface area contributed by atoms with Gasteiger partial charge in [0.05, 0.1) is 30.2 Å². The Morgan fingerprint density at radius 2 is 1.87 bits per heavy atom. The third kappa shape index (κ3) is 6.21. The number of ether oxygens (including phenoxy) is 2. The van der Waals surface area contributed by atoms with E-state index in [4.69, 9.17) is 19.4 Å². The number of carboxylic acids is 1. The Morgan fingerprint density at radius 1 is 1.09 bits per heavy atom. The number of aryl methyl sites for hydroxylation is 1. The standard InChI is InChI=1S/C35H42N4O6S/c1-19(2)27-18-46-33(38-27)26-16-29(23-11-12-28(44-4)20(3)30(23)37-26)45-22-14-24-25(15-22)32(41)39-35(34(42)43)17-21(35)10-8-6-5-7-9-13-36-31(24)40/h8,10-12,16,18-19,21-22,24-25H,5-7,9,13-15,17H2,1-4H3,(H,36,40)(H,39,41)(H,42,43)/b10-8+. The molecule has 0 radical (unpaired) electrons. The van der Waals surface area contributed by atoms with Crippen molar-refractivity contribution >= 4 is 40.0 Å². The highest BCUT2D eigenvalue weighted by molar-refractivity contribution is 7.13. The molecule has 11 heteroatoms. The molecule has 2 aromatic heterocycles. The maximum atomic E-state index is 13.8. The number of pyridine rings is 1. The van der Waals surface area contributed by atoms with Crippen molar-refractivity contribution in [3.8, 4) is 22.2 Å². The molecule has 6 rings (SSSR count). The number of aliphatic carboxylic acids is 1. The summed E-state index contributed by atoms with van der Waals surface area (Å²) >= 11 is 1.53. The van der Waals surface area contributed by atoms with Crippen molar-refractivity contribution < 1.29 is 29.0 Å². The molecule has 0 spiro atoms. The monoisotopic (exact) mass is 646 g/mol. The number of nitrogens with zero attached hydrogens (tertiary/aromatic N) is 2. The number of thiazole rings is 1. The maximum Gasteiger partial charge on any atom is 0.330 e. The Labute approximate surface area is 273 Å². The van der Waals surface area contributed by atoms with Crippen molar-refractivity contribution in [3.63, 3.8) is 0 Å². The molecule has 3 heterocycles. The third-order valence-electron chi connectivity index (χ3n) is 9.64. The summed E-state index contributed by atoms with van der Waals surface area (Å²) in [5.41, 5.74) is 1.93. The number of hydrogen-bond donors (Lipinski definition) is 3. The van der Waals surface area contributed by atoms with Crippen LogP contribution in [-0.2, 0) is 14.4 Å². The fourth-order valence-electron chi connectivity index (χ4n) is 6.77. The van der Waals surface area contributed by atoms with Crippen LogP contribution < -0.4 is 20.1 Å². The van der Waals surface area contributed by atoms with E-state index >= 15 is 0 Å². The molecule has 244 valence electrons. The topological polar surface area (TPSA) is 140 Å². The average Bonchev–Trinajstić information content (AvgIpc) is 3.33. The van der Waals surface area contributed by atoms with E-state index < -0.39 is 35.4 Å². The average molecular weight is 647 g/mol. The Kier molecular flexibility index (Phi) is 9.05. The molecular weight excluding hydrogens is 604 g/mol. The highest BCUT2D eigenvalue weighted by Crippen LogP contribution is 2.47. The van der Waals surface area contributed by atoms with Gasteiger partial charge in [-0.3, -0.25) is 9.59 Å². The molecule has 2 aliphatic carbocycles. The maximum absolute atomic E-state index is 13.8. The normalized spacial score (nSPS) is 27.5. The molecule has 46 heavy (non-hydrogen) atoms. The first-order valence-corrected chi connectivity index (χ1v) is 17.1. The van der Waals surface area contributed by atoms with Crippen LogP contribution in [0.4, 0.5) is 0 Å². The summed E-state index contributed by atoms with van der Waals surface area (Å²) in [5.74, 6) is -1.70. The lowest BCUT2D eigenvalue weighted by Gasteiger charge is -2.21. The van der Waals surface area contributed by atoms with Crippen molar-refractivity contribution in [1.82, 2.24) is 20.6 Å². The highest BCUT2D eigenvalue weighted by Gasteiger charge is 2.61. The van der Waals surface area contributed by atoms with E-state index in [1.165, 1.54) is 11.3 Å². The lowest BCUT2D eigenvalue weighted by molar-refractivity contribution is -0.144. The van der Waals surface area contributed by atoms with Gasteiger partial charge in [0.25, 0.3) is 0 Å². The number of nitrogens with one attached hydrogen (secondary N) is 2. The van der Waals surface area contributed by atoms with Gasteiger partial charge in [-0.1, -0.05) is 32.4 Å². The van der Waals surface area contributed by atoms with Gasteiger partial charge in [0.2, 0.25) is 11.8 Å². The summed E-state index contributed by atoms with van der Waals surface area (Å²) in [7, 11) is 1.63. The Bertz CT molecular complexity index is 1680. The molecule has 5 atom stereocenters. The van der Waals surface area contributed by atoms with E-state index in [9.17, 15) is 19.5 Å². The minimum absolute atomic E-state index is 0.194. The van der Waals surface area contributed by atoms with Gasteiger partial charge in [0.15, 0.2) is 0 Å². The molecule has 2 fully saturated rings. The number of carboxylic acid groups (broad SMARTS) is 1. The number of benzene rings is 1. The number of allylic oxidation sites excluding steroid dienone is 1. The molecule has 10 nitrogen and oxygen atoms in total. The van der Waals surface area contributed by atoms with Crippen LogP contribution in [0, 0.1) is 24.7 Å². The summed E-state index contributed by atoms with van der Waals surface area (Å²) in [4.78, 5) is 49.4. The molecule has 1 aromatic carbocycles. The van der Waals surface area contributed by atoms with Crippen molar-refractivity contribution in [2.75, 3.05) is 13.7 Å². The first kappa shape index (κ1) is 32.0. The van der Waals surface area contributed by atoms with Crippen LogP contribution in [0.2, 0.25) is 0 Å².